The van der Waals surface area contributed by atoms with E-state index in [2.05, 4.69) is 241 Å². The Morgan fingerprint density at radius 2 is 0.561 bits per heavy atom. The zero-order valence-electron chi connectivity index (χ0n) is 31.6. The lowest BCUT2D eigenvalue weighted by molar-refractivity contribution is 0.584. The summed E-state index contributed by atoms with van der Waals surface area (Å²) in [5.41, 5.74) is 4.28. The minimum Gasteiger partial charge on any atom is -0.416 e. The molecule has 0 bridgehead atoms. The van der Waals surface area contributed by atoms with E-state index in [4.69, 9.17) is 4.42 Å². The van der Waals surface area contributed by atoms with Gasteiger partial charge in [-0.2, -0.15) is 0 Å². The smallest absolute Gasteiger partial charge is 0.248 e. The average molecular weight is 773 g/mol. The van der Waals surface area contributed by atoms with Crippen LogP contribution in [0.15, 0.2) is 235 Å². The Bertz CT molecular complexity index is 2290. The van der Waals surface area contributed by atoms with E-state index in [1.807, 2.05) is 0 Å². The van der Waals surface area contributed by atoms with Crippen LogP contribution in [0.3, 0.4) is 0 Å². The molecule has 1 aromatic heterocycles. The Labute approximate surface area is 336 Å². The summed E-state index contributed by atoms with van der Waals surface area (Å²) in [6, 6.07) is 83.4. The maximum atomic E-state index is 6.53. The zero-order chi connectivity index (χ0) is 38.3. The van der Waals surface area contributed by atoms with E-state index in [0.29, 0.717) is 11.8 Å². The van der Waals surface area contributed by atoms with Gasteiger partial charge in [-0.25, -0.2) is 0 Å². The van der Waals surface area contributed by atoms with Gasteiger partial charge in [0.2, 0.25) is 11.8 Å². The number of rotatable bonds is 12. The summed E-state index contributed by atoms with van der Waals surface area (Å²) in [5.74, 6) is 1.03. The van der Waals surface area contributed by atoms with Crippen LogP contribution >= 0.6 is 14.5 Å². The highest BCUT2D eigenvalue weighted by molar-refractivity contribution is 7.95. The molecule has 0 spiro atoms. The van der Waals surface area contributed by atoms with E-state index in [-0.39, 0.29) is 0 Å². The highest BCUT2D eigenvalue weighted by atomic mass is 31.2. The summed E-state index contributed by atoms with van der Waals surface area (Å²) in [7, 11) is -4.17. The van der Waals surface area contributed by atoms with Crippen molar-refractivity contribution in [2.45, 2.75) is 12.3 Å². The van der Waals surface area contributed by atoms with E-state index >= 15 is 0 Å². The number of hydrogen-bond acceptors (Lipinski definition) is 3. The lowest BCUT2D eigenvalue weighted by Gasteiger charge is -2.28. The molecule has 8 aromatic carbocycles. The molecular weight excluding hydrogens is 731 g/mol. The van der Waals surface area contributed by atoms with Gasteiger partial charge in [-0.05, 0) is 108 Å². The van der Waals surface area contributed by atoms with Crippen molar-refractivity contribution in [3.05, 3.63) is 242 Å². The zero-order valence-corrected chi connectivity index (χ0v) is 33.3. The third-order valence-electron chi connectivity index (χ3n) is 10.8. The summed E-state index contributed by atoms with van der Waals surface area (Å²) in [4.78, 5) is 0. The van der Waals surface area contributed by atoms with Gasteiger partial charge in [0.1, 0.15) is 46.4 Å². The molecule has 0 aliphatic heterocycles. The van der Waals surface area contributed by atoms with Gasteiger partial charge in [0, 0.05) is 11.1 Å². The van der Waals surface area contributed by atoms with Gasteiger partial charge in [-0.1, -0.05) is 133 Å². The van der Waals surface area contributed by atoms with Gasteiger partial charge in [-0.3, -0.25) is 0 Å². The maximum absolute atomic E-state index is 6.53. The molecular formula is C52H42N2OP2+2. The fourth-order valence-corrected chi connectivity index (χ4v) is 16.6. The van der Waals surface area contributed by atoms with Crippen LogP contribution in [0, 0.1) is 0 Å². The molecule has 0 aliphatic rings. The maximum Gasteiger partial charge on any atom is 0.248 e. The molecule has 1 heterocycles. The number of nitrogens with zero attached hydrogens (tertiary/aromatic N) is 2. The third kappa shape index (κ3) is 7.29. The molecule has 3 nitrogen and oxygen atoms in total. The molecule has 9 rings (SSSR count). The van der Waals surface area contributed by atoms with E-state index < -0.39 is 14.5 Å². The van der Waals surface area contributed by atoms with Crippen molar-refractivity contribution in [1.82, 2.24) is 10.2 Å². The van der Waals surface area contributed by atoms with E-state index in [1.54, 1.807) is 0 Å². The fourth-order valence-electron chi connectivity index (χ4n) is 8.15. The molecule has 0 N–H and O–H groups in total. The van der Waals surface area contributed by atoms with Crippen molar-refractivity contribution in [2.24, 2.45) is 0 Å². The van der Waals surface area contributed by atoms with Crippen LogP contribution in [0.2, 0.25) is 0 Å². The van der Waals surface area contributed by atoms with Crippen LogP contribution in [-0.2, 0) is 12.3 Å². The van der Waals surface area contributed by atoms with Crippen LogP contribution in [0.5, 0.6) is 0 Å². The van der Waals surface area contributed by atoms with E-state index in [0.717, 1.165) is 23.5 Å². The van der Waals surface area contributed by atoms with E-state index in [9.17, 15) is 0 Å². The summed E-state index contributed by atoms with van der Waals surface area (Å²) in [6.45, 7) is 0. The number of aromatic nitrogens is 2. The first-order chi connectivity index (χ1) is 28.2. The molecule has 274 valence electrons. The van der Waals surface area contributed by atoms with E-state index in [1.165, 1.54) is 43.0 Å². The Kier molecular flexibility index (Phi) is 10.5. The predicted octanol–water partition coefficient (Wildman–Crippen LogP) is 10.4. The number of benzene rings is 8. The minimum atomic E-state index is -2.08. The van der Waals surface area contributed by atoms with Crippen molar-refractivity contribution < 1.29 is 4.42 Å². The highest BCUT2D eigenvalue weighted by Crippen LogP contribution is 2.59. The van der Waals surface area contributed by atoms with Crippen LogP contribution in [0.25, 0.3) is 22.9 Å². The Hall–Kier alpha value is -6.24. The fraction of sp³-hybridized carbons (Fsp3) is 0.0385. The molecule has 57 heavy (non-hydrogen) atoms. The highest BCUT2D eigenvalue weighted by Gasteiger charge is 2.46. The molecule has 0 saturated heterocycles. The molecule has 0 unspecified atom stereocenters. The van der Waals surface area contributed by atoms with Gasteiger partial charge in [-0.15, -0.1) is 10.2 Å². The standard InChI is InChI=1S/C52H42N2OP2/c1-7-25-45(26-8-1)56(46-27-9-2-10-28-46,47-29-11-3-12-30-47)39-41-21-19-23-43(37-41)51-53-54-52(55-51)44-24-20-22-42(38-44)40-57(48-31-13-4-14-32-48,49-33-15-5-16-34-49)50-35-17-6-18-36-50/h1-38H,39-40H2/q+2. The van der Waals surface area contributed by atoms with Gasteiger partial charge in [0.25, 0.3) is 0 Å². The van der Waals surface area contributed by atoms with Gasteiger partial charge in [0.15, 0.2) is 0 Å². The Morgan fingerprint density at radius 1 is 0.298 bits per heavy atom. The third-order valence-corrected chi connectivity index (χ3v) is 19.6. The van der Waals surface area contributed by atoms with Gasteiger partial charge in [0.05, 0.1) is 12.3 Å². The monoisotopic (exact) mass is 772 g/mol. The van der Waals surface area contributed by atoms with Crippen molar-refractivity contribution in [3.8, 4) is 22.9 Å². The van der Waals surface area contributed by atoms with Gasteiger partial charge < -0.3 is 4.42 Å². The lowest BCUT2D eigenvalue weighted by Crippen LogP contribution is -2.32. The normalized spacial score (nSPS) is 11.6. The molecule has 0 fully saturated rings. The second-order valence-electron chi connectivity index (χ2n) is 14.3. The summed E-state index contributed by atoms with van der Waals surface area (Å²) < 4.78 is 6.53. The molecule has 0 amide bonds. The largest absolute Gasteiger partial charge is 0.416 e. The van der Waals surface area contributed by atoms with Crippen LogP contribution in [0.4, 0.5) is 0 Å². The molecule has 0 radical (unpaired) electrons. The first-order valence-electron chi connectivity index (χ1n) is 19.3. The Balaban J connectivity index is 1.07. The van der Waals surface area contributed by atoms with Crippen molar-refractivity contribution in [2.75, 3.05) is 0 Å². The van der Waals surface area contributed by atoms with Crippen molar-refractivity contribution in [1.29, 1.82) is 0 Å². The summed E-state index contributed by atoms with van der Waals surface area (Å²) in [6.07, 6.45) is 1.72. The summed E-state index contributed by atoms with van der Waals surface area (Å²) in [5, 5.41) is 17.4. The second-order valence-corrected chi connectivity index (χ2v) is 21.2. The second kappa shape index (κ2) is 16.5. The summed E-state index contributed by atoms with van der Waals surface area (Å²) >= 11 is 0. The first-order valence-corrected chi connectivity index (χ1v) is 23.3. The molecule has 5 heteroatoms. The van der Waals surface area contributed by atoms with Crippen LogP contribution in [-0.4, -0.2) is 10.2 Å². The van der Waals surface area contributed by atoms with Gasteiger partial charge >= 0.3 is 0 Å². The molecule has 0 saturated carbocycles. The molecule has 9 aromatic rings. The topological polar surface area (TPSA) is 38.9 Å². The van der Waals surface area contributed by atoms with Crippen LogP contribution in [0.1, 0.15) is 11.1 Å². The minimum absolute atomic E-state index is 0.514. The Morgan fingerprint density at radius 3 is 0.825 bits per heavy atom. The molecule has 0 aliphatic carbocycles. The predicted molar refractivity (Wildman–Crippen MR) is 243 cm³/mol. The molecule has 0 atom stereocenters. The quantitative estimate of drug-likeness (QED) is 0.116. The first kappa shape index (κ1) is 36.4. The van der Waals surface area contributed by atoms with Crippen molar-refractivity contribution >= 4 is 46.4 Å². The van der Waals surface area contributed by atoms with Crippen molar-refractivity contribution in [3.63, 3.8) is 0 Å². The van der Waals surface area contributed by atoms with Crippen LogP contribution < -0.4 is 31.8 Å². The SMILES string of the molecule is c1ccc([P+](Cc2cccc(-c3nnc(-c4cccc(C[P+](c5ccccc5)(c5ccccc5)c5ccccc5)c4)o3)c2)(c2ccccc2)c2ccccc2)cc1. The lowest BCUT2D eigenvalue weighted by atomic mass is 10.1. The number of hydrogen-bond donors (Lipinski definition) is 0. The average Bonchev–Trinajstić information content (AvgIpc) is 3.80.